The Kier molecular flexibility index (Phi) is 7.25. The van der Waals surface area contributed by atoms with Crippen molar-refractivity contribution in [2.75, 3.05) is 31.4 Å². The van der Waals surface area contributed by atoms with Crippen molar-refractivity contribution in [3.05, 3.63) is 48.0 Å². The number of carbonyl (C=O) groups is 1. The highest BCUT2D eigenvalue weighted by molar-refractivity contribution is 7.91. The number of benzene rings is 2. The normalized spacial score (nSPS) is 12.2. The van der Waals surface area contributed by atoms with Crippen molar-refractivity contribution in [2.45, 2.75) is 4.90 Å². The predicted octanol–water partition coefficient (Wildman–Crippen LogP) is 2.46. The smallest absolute Gasteiger partial charge is 0.397 e. The molecule has 0 aliphatic carbocycles. The van der Waals surface area contributed by atoms with Crippen LogP contribution in [-0.4, -0.2) is 58.9 Å². The fourth-order valence-corrected chi connectivity index (χ4v) is 3.91. The van der Waals surface area contributed by atoms with Crippen molar-refractivity contribution >= 4 is 43.3 Å². The summed E-state index contributed by atoms with van der Waals surface area (Å²) in [6.45, 7) is -0.759. The lowest BCUT2D eigenvalue weighted by Gasteiger charge is -2.15. The number of aromatic carboxylic acids is 1. The lowest BCUT2D eigenvalue weighted by molar-refractivity contribution is 0.0697. The molecule has 0 saturated carbocycles. The molecular formula is C17H19N3O8S2. The highest BCUT2D eigenvalue weighted by atomic mass is 32.3. The van der Waals surface area contributed by atoms with E-state index in [0.717, 1.165) is 0 Å². The molecule has 0 fully saturated rings. The molecule has 0 heterocycles. The second kappa shape index (κ2) is 9.30. The van der Waals surface area contributed by atoms with Gasteiger partial charge in [-0.3, -0.25) is 4.55 Å². The number of rotatable bonds is 9. The van der Waals surface area contributed by atoms with Gasteiger partial charge in [-0.05, 0) is 30.3 Å². The Morgan fingerprint density at radius 2 is 1.73 bits per heavy atom. The Labute approximate surface area is 173 Å². The molecule has 11 nitrogen and oxygen atoms in total. The zero-order valence-corrected chi connectivity index (χ0v) is 17.6. The fraction of sp³-hybridized carbons (Fsp3) is 0.235. The van der Waals surface area contributed by atoms with E-state index in [2.05, 4.69) is 14.4 Å². The van der Waals surface area contributed by atoms with E-state index in [1.54, 1.807) is 31.1 Å². The largest absolute Gasteiger partial charge is 0.478 e. The van der Waals surface area contributed by atoms with Gasteiger partial charge >= 0.3 is 16.4 Å². The molecule has 0 aromatic heterocycles. The molecular weight excluding hydrogens is 438 g/mol. The number of nitrogens with zero attached hydrogens (tertiary/aromatic N) is 3. The molecule has 2 aromatic carbocycles. The molecule has 0 aliphatic heterocycles. The summed E-state index contributed by atoms with van der Waals surface area (Å²) in [5.74, 6) is -1.89. The molecule has 30 heavy (non-hydrogen) atoms. The van der Waals surface area contributed by atoms with Crippen LogP contribution in [0.25, 0.3) is 0 Å². The third-order valence-corrected chi connectivity index (χ3v) is 5.89. The lowest BCUT2D eigenvalue weighted by Crippen LogP contribution is -2.15. The van der Waals surface area contributed by atoms with Crippen LogP contribution < -0.4 is 4.90 Å². The van der Waals surface area contributed by atoms with Crippen LogP contribution in [-0.2, 0) is 24.4 Å². The maximum atomic E-state index is 12.3. The van der Waals surface area contributed by atoms with Crippen molar-refractivity contribution in [3.63, 3.8) is 0 Å². The molecule has 0 aliphatic rings. The predicted molar refractivity (Wildman–Crippen MR) is 108 cm³/mol. The number of carboxylic acids is 1. The highest BCUT2D eigenvalue weighted by Crippen LogP contribution is 2.33. The van der Waals surface area contributed by atoms with Crippen LogP contribution in [0.5, 0.6) is 0 Å². The molecule has 0 amide bonds. The van der Waals surface area contributed by atoms with Crippen molar-refractivity contribution in [1.29, 1.82) is 0 Å². The van der Waals surface area contributed by atoms with Crippen molar-refractivity contribution < 1.29 is 35.5 Å². The van der Waals surface area contributed by atoms with Gasteiger partial charge < -0.3 is 10.0 Å². The lowest BCUT2D eigenvalue weighted by atomic mass is 10.1. The van der Waals surface area contributed by atoms with Gasteiger partial charge in [0.1, 0.15) is 5.69 Å². The number of sulfone groups is 1. The monoisotopic (exact) mass is 457 g/mol. The summed E-state index contributed by atoms with van der Waals surface area (Å²) in [5, 5.41) is 17.4. The number of hydrogen-bond acceptors (Lipinski definition) is 9. The number of carboxylic acid groups (broad SMARTS) is 1. The zero-order chi connectivity index (χ0) is 22.5. The quantitative estimate of drug-likeness (QED) is 0.425. The topological polar surface area (TPSA) is 163 Å². The molecule has 13 heteroatoms. The van der Waals surface area contributed by atoms with Gasteiger partial charge in [0.15, 0.2) is 9.84 Å². The maximum absolute atomic E-state index is 12.3. The second-order valence-electron chi connectivity index (χ2n) is 6.14. The average Bonchev–Trinajstić information content (AvgIpc) is 2.64. The molecule has 2 aromatic rings. The van der Waals surface area contributed by atoms with E-state index in [4.69, 9.17) is 4.55 Å². The van der Waals surface area contributed by atoms with Crippen LogP contribution in [0, 0.1) is 0 Å². The molecule has 2 rings (SSSR count). The second-order valence-corrected chi connectivity index (χ2v) is 9.34. The highest BCUT2D eigenvalue weighted by Gasteiger charge is 2.18. The van der Waals surface area contributed by atoms with Gasteiger partial charge in [0, 0.05) is 14.1 Å². The van der Waals surface area contributed by atoms with Gasteiger partial charge in [0.25, 0.3) is 0 Å². The van der Waals surface area contributed by atoms with Gasteiger partial charge in [-0.1, -0.05) is 12.1 Å². The van der Waals surface area contributed by atoms with E-state index in [0.29, 0.717) is 5.69 Å². The van der Waals surface area contributed by atoms with Crippen LogP contribution >= 0.6 is 0 Å². The first-order chi connectivity index (χ1) is 13.9. The van der Waals surface area contributed by atoms with Crippen LogP contribution in [0.15, 0.2) is 57.6 Å². The Bertz CT molecular complexity index is 1180. The van der Waals surface area contributed by atoms with Gasteiger partial charge in [-0.2, -0.15) is 13.5 Å². The van der Waals surface area contributed by atoms with Gasteiger partial charge in [0.2, 0.25) is 0 Å². The average molecular weight is 457 g/mol. The third kappa shape index (κ3) is 6.32. The molecule has 0 saturated heterocycles. The van der Waals surface area contributed by atoms with Crippen LogP contribution in [0.1, 0.15) is 10.4 Å². The molecule has 162 valence electrons. The first-order valence-corrected chi connectivity index (χ1v) is 11.3. The minimum Gasteiger partial charge on any atom is -0.478 e. The minimum atomic E-state index is -4.75. The van der Waals surface area contributed by atoms with Crippen molar-refractivity contribution in [3.8, 4) is 0 Å². The summed E-state index contributed by atoms with van der Waals surface area (Å²) in [6.07, 6.45) is 0. The summed E-state index contributed by atoms with van der Waals surface area (Å²) in [6, 6.07) is 9.95. The minimum absolute atomic E-state index is 0.0731. The van der Waals surface area contributed by atoms with Crippen LogP contribution in [0.2, 0.25) is 0 Å². The van der Waals surface area contributed by atoms with E-state index in [1.807, 2.05) is 0 Å². The van der Waals surface area contributed by atoms with Crippen molar-refractivity contribution in [1.82, 2.24) is 0 Å². The van der Waals surface area contributed by atoms with Crippen molar-refractivity contribution in [2.24, 2.45) is 10.2 Å². The van der Waals surface area contributed by atoms with E-state index >= 15 is 0 Å². The molecule has 0 atom stereocenters. The SMILES string of the molecule is CN(C)c1cccc(C(=O)O)c1N=Nc1cccc(S(=O)(=O)CCOS(=O)(=O)O)c1. The first-order valence-electron chi connectivity index (χ1n) is 8.31. The van der Waals surface area contributed by atoms with E-state index < -0.39 is 38.6 Å². The van der Waals surface area contributed by atoms with Gasteiger partial charge in [-0.25, -0.2) is 17.4 Å². The fourth-order valence-electron chi connectivity index (χ4n) is 2.38. The number of azo groups is 1. The molecule has 0 unspecified atom stereocenters. The standard InChI is InChI=1S/C17H19N3O8S2/c1-20(2)15-8-4-7-14(17(21)22)16(15)19-18-12-5-3-6-13(11-12)29(23,24)10-9-28-30(25,26)27/h3-8,11H,9-10H2,1-2H3,(H,21,22)(H,25,26,27). The first kappa shape index (κ1) is 23.4. The van der Waals surface area contributed by atoms with Gasteiger partial charge in [-0.15, -0.1) is 5.11 Å². The maximum Gasteiger partial charge on any atom is 0.397 e. The Morgan fingerprint density at radius 3 is 2.33 bits per heavy atom. The summed E-state index contributed by atoms with van der Waals surface area (Å²) < 4.78 is 58.3. The number of anilines is 1. The number of hydrogen-bond donors (Lipinski definition) is 2. The Balaban J connectivity index is 2.34. The molecule has 0 spiro atoms. The van der Waals surface area contributed by atoms with E-state index in [9.17, 15) is 26.7 Å². The molecule has 0 radical (unpaired) electrons. The zero-order valence-electron chi connectivity index (χ0n) is 16.0. The van der Waals surface area contributed by atoms with E-state index in [1.165, 1.54) is 30.3 Å². The third-order valence-electron chi connectivity index (χ3n) is 3.75. The van der Waals surface area contributed by atoms with Crippen LogP contribution in [0.3, 0.4) is 0 Å². The summed E-state index contributed by atoms with van der Waals surface area (Å²) >= 11 is 0. The summed E-state index contributed by atoms with van der Waals surface area (Å²) in [7, 11) is -5.26. The summed E-state index contributed by atoms with van der Waals surface area (Å²) in [4.78, 5) is 13.0. The Hall–Kier alpha value is -2.87. The molecule has 0 bridgehead atoms. The van der Waals surface area contributed by atoms with Crippen LogP contribution in [0.4, 0.5) is 17.1 Å². The van der Waals surface area contributed by atoms with E-state index in [-0.39, 0.29) is 21.8 Å². The van der Waals surface area contributed by atoms with Gasteiger partial charge in [0.05, 0.1) is 34.2 Å². The Morgan fingerprint density at radius 1 is 1.07 bits per heavy atom. The molecule has 2 N–H and O–H groups in total. The summed E-state index contributed by atoms with van der Waals surface area (Å²) in [5.41, 5.74) is 0.669.